The molecule has 0 aliphatic heterocycles. The zero-order chi connectivity index (χ0) is 24.5. The Kier molecular flexibility index (Phi) is 8.88. The lowest BCUT2D eigenvalue weighted by Crippen LogP contribution is -2.17. The number of carbonyl (C=O) groups excluding carboxylic acids is 2. The van der Waals surface area contributed by atoms with Gasteiger partial charge in [0.2, 0.25) is 16.9 Å². The number of benzene rings is 2. The van der Waals surface area contributed by atoms with E-state index < -0.39 is 0 Å². The van der Waals surface area contributed by atoms with Crippen molar-refractivity contribution in [2.45, 2.75) is 35.9 Å². The van der Waals surface area contributed by atoms with E-state index in [9.17, 15) is 9.59 Å². The maximum atomic E-state index is 12.2. The lowest BCUT2D eigenvalue weighted by atomic mass is 10.1. The summed E-state index contributed by atoms with van der Waals surface area (Å²) in [7, 11) is 0. The summed E-state index contributed by atoms with van der Waals surface area (Å²) in [6, 6.07) is 17.7. The number of thioether (sulfide) groups is 1. The smallest absolute Gasteiger partial charge is 0.226 e. The Balaban J connectivity index is 1.15. The van der Waals surface area contributed by atoms with E-state index in [4.69, 9.17) is 11.6 Å². The number of aryl methyl sites for hydroxylation is 2. The first kappa shape index (κ1) is 24.9. The fraction of sp³-hybridized carbons (Fsp3) is 0.208. The van der Waals surface area contributed by atoms with Gasteiger partial charge in [-0.15, -0.1) is 10.2 Å². The maximum Gasteiger partial charge on any atom is 0.226 e. The molecule has 2 amide bonds. The molecule has 4 rings (SSSR count). The summed E-state index contributed by atoms with van der Waals surface area (Å²) >= 11 is 8.73. The van der Waals surface area contributed by atoms with Gasteiger partial charge in [0.05, 0.1) is 11.9 Å². The van der Waals surface area contributed by atoms with Crippen molar-refractivity contribution in [3.8, 4) is 0 Å². The van der Waals surface area contributed by atoms with Gasteiger partial charge in [-0.25, -0.2) is 0 Å². The van der Waals surface area contributed by atoms with E-state index in [2.05, 4.69) is 38.1 Å². The van der Waals surface area contributed by atoms with Gasteiger partial charge < -0.3 is 10.6 Å². The molecule has 2 heterocycles. The molecule has 0 saturated carbocycles. The van der Waals surface area contributed by atoms with Crippen LogP contribution in [-0.2, 0) is 28.3 Å². The number of nitrogens with one attached hydrogen (secondary N) is 2. The molecule has 0 aliphatic carbocycles. The highest BCUT2D eigenvalue weighted by Crippen LogP contribution is 2.28. The lowest BCUT2D eigenvalue weighted by molar-refractivity contribution is -0.121. The van der Waals surface area contributed by atoms with Gasteiger partial charge in [0.25, 0.3) is 0 Å². The average molecular weight is 527 g/mol. The minimum Gasteiger partial charge on any atom is -0.323 e. The third-order valence-corrected chi connectivity index (χ3v) is 7.19. The van der Waals surface area contributed by atoms with Gasteiger partial charge in [0.1, 0.15) is 0 Å². The van der Waals surface area contributed by atoms with Gasteiger partial charge in [-0.2, -0.15) is 5.10 Å². The number of rotatable bonds is 11. The van der Waals surface area contributed by atoms with E-state index in [1.807, 2.05) is 42.5 Å². The molecule has 4 aromatic rings. The normalized spacial score (nSPS) is 10.8. The Morgan fingerprint density at radius 1 is 0.943 bits per heavy atom. The summed E-state index contributed by atoms with van der Waals surface area (Å²) in [5.74, 6) is 0.186. The Morgan fingerprint density at radius 3 is 2.46 bits per heavy atom. The van der Waals surface area contributed by atoms with Crippen LogP contribution in [-0.4, -0.2) is 31.8 Å². The van der Waals surface area contributed by atoms with Gasteiger partial charge in [0.15, 0.2) is 4.34 Å². The van der Waals surface area contributed by atoms with Crippen LogP contribution in [0.3, 0.4) is 0 Å². The molecule has 0 radical (unpaired) electrons. The molecule has 2 aromatic heterocycles. The molecule has 35 heavy (non-hydrogen) atoms. The predicted octanol–water partition coefficient (Wildman–Crippen LogP) is 5.28. The second kappa shape index (κ2) is 12.5. The lowest BCUT2D eigenvalue weighted by Gasteiger charge is -2.03. The summed E-state index contributed by atoms with van der Waals surface area (Å²) in [5.41, 5.74) is 2.95. The van der Waals surface area contributed by atoms with Crippen LogP contribution in [0.15, 0.2) is 71.3 Å². The summed E-state index contributed by atoms with van der Waals surface area (Å²) < 4.78 is 2.53. The summed E-state index contributed by atoms with van der Waals surface area (Å²) in [6.07, 6.45) is 4.33. The Bertz CT molecular complexity index is 1260. The first-order valence-electron chi connectivity index (χ1n) is 10.9. The Labute approximate surface area is 216 Å². The number of nitrogens with zero attached hydrogens (tertiary/aromatic N) is 4. The quantitative estimate of drug-likeness (QED) is 0.204. The number of hydrogen-bond acceptors (Lipinski definition) is 7. The zero-order valence-electron chi connectivity index (χ0n) is 18.7. The predicted molar refractivity (Wildman–Crippen MR) is 140 cm³/mol. The first-order chi connectivity index (χ1) is 17.0. The number of hydrogen-bond donors (Lipinski definition) is 2. The molecule has 0 saturated heterocycles. The Morgan fingerprint density at radius 2 is 1.69 bits per heavy atom. The van der Waals surface area contributed by atoms with E-state index in [1.54, 1.807) is 17.1 Å². The third kappa shape index (κ3) is 8.20. The van der Waals surface area contributed by atoms with Crippen molar-refractivity contribution < 1.29 is 9.59 Å². The van der Waals surface area contributed by atoms with Crippen molar-refractivity contribution in [1.29, 1.82) is 0 Å². The number of anilines is 2. The van der Waals surface area contributed by atoms with Crippen LogP contribution < -0.4 is 10.6 Å². The van der Waals surface area contributed by atoms with Crippen LogP contribution in [0.2, 0.25) is 5.02 Å². The highest BCUT2D eigenvalue weighted by atomic mass is 35.5. The topological polar surface area (TPSA) is 102 Å². The summed E-state index contributed by atoms with van der Waals surface area (Å²) in [6.45, 7) is 0.712. The zero-order valence-corrected chi connectivity index (χ0v) is 21.1. The second-order valence-electron chi connectivity index (χ2n) is 7.61. The van der Waals surface area contributed by atoms with Gasteiger partial charge in [-0.1, -0.05) is 77.2 Å². The highest BCUT2D eigenvalue weighted by Gasteiger charge is 2.12. The number of aromatic nitrogens is 4. The van der Waals surface area contributed by atoms with E-state index in [0.29, 0.717) is 22.4 Å². The Hall–Kier alpha value is -3.21. The van der Waals surface area contributed by atoms with Gasteiger partial charge >= 0.3 is 0 Å². The summed E-state index contributed by atoms with van der Waals surface area (Å²) in [4.78, 5) is 24.5. The van der Waals surface area contributed by atoms with Crippen LogP contribution >= 0.6 is 34.7 Å². The van der Waals surface area contributed by atoms with Gasteiger partial charge in [0, 0.05) is 36.4 Å². The fourth-order valence-electron chi connectivity index (χ4n) is 3.12. The molecule has 0 bridgehead atoms. The van der Waals surface area contributed by atoms with Crippen LogP contribution in [0.4, 0.5) is 10.8 Å². The van der Waals surface area contributed by atoms with Crippen molar-refractivity contribution >= 4 is 57.3 Å². The molecular weight excluding hydrogens is 504 g/mol. The van der Waals surface area contributed by atoms with Gasteiger partial charge in [-0.05, 0) is 29.7 Å². The van der Waals surface area contributed by atoms with Crippen molar-refractivity contribution in [2.24, 2.45) is 0 Å². The number of halogens is 1. The minimum absolute atomic E-state index is 0.0425. The molecule has 0 aliphatic rings. The average Bonchev–Trinajstić information content (AvgIpc) is 3.51. The molecular formula is C24H23ClN6O2S2. The number of carbonyl (C=O) groups is 2. The molecule has 11 heteroatoms. The molecule has 0 unspecified atom stereocenters. The minimum atomic E-state index is -0.288. The van der Waals surface area contributed by atoms with Crippen molar-refractivity contribution in [2.75, 3.05) is 10.6 Å². The van der Waals surface area contributed by atoms with Crippen molar-refractivity contribution in [1.82, 2.24) is 20.0 Å². The van der Waals surface area contributed by atoms with E-state index >= 15 is 0 Å². The molecule has 180 valence electrons. The third-order valence-electron chi connectivity index (χ3n) is 4.90. The monoisotopic (exact) mass is 526 g/mol. The molecule has 0 atom stereocenters. The maximum absolute atomic E-state index is 12.2. The van der Waals surface area contributed by atoms with Crippen molar-refractivity contribution in [3.63, 3.8) is 0 Å². The molecule has 8 nitrogen and oxygen atoms in total. The molecule has 2 N–H and O–H groups in total. The van der Waals surface area contributed by atoms with Gasteiger partial charge in [-0.3, -0.25) is 14.3 Å². The largest absolute Gasteiger partial charge is 0.323 e. The first-order valence-corrected chi connectivity index (χ1v) is 13.1. The molecule has 0 spiro atoms. The van der Waals surface area contributed by atoms with Crippen LogP contribution in [0.1, 0.15) is 24.0 Å². The summed E-state index contributed by atoms with van der Waals surface area (Å²) in [5, 5.41) is 19.0. The standard InChI is InChI=1S/C24H23ClN6O2S2/c25-19-8-6-18(7-9-19)16-34-24-30-29-23(35-24)28-22(33)11-10-21(32)27-20-14-26-31(15-20)13-12-17-4-2-1-3-5-17/h1-9,14-15H,10-13,16H2,(H,27,32)(H,28,29,33). The van der Waals surface area contributed by atoms with E-state index in [0.717, 1.165) is 22.1 Å². The molecule has 0 fully saturated rings. The van der Waals surface area contributed by atoms with Crippen LogP contribution in [0.25, 0.3) is 0 Å². The fourth-order valence-corrected chi connectivity index (χ4v) is 4.97. The van der Waals surface area contributed by atoms with E-state index in [1.165, 1.54) is 28.7 Å². The van der Waals surface area contributed by atoms with Crippen LogP contribution in [0.5, 0.6) is 0 Å². The number of amides is 2. The highest BCUT2D eigenvalue weighted by molar-refractivity contribution is 8.00. The van der Waals surface area contributed by atoms with Crippen LogP contribution in [0, 0.1) is 0 Å². The van der Waals surface area contributed by atoms with E-state index in [-0.39, 0.29) is 24.7 Å². The second-order valence-corrected chi connectivity index (χ2v) is 10.2. The molecule has 2 aromatic carbocycles. The SMILES string of the molecule is O=C(CCC(=O)Nc1nnc(SCc2ccc(Cl)cc2)s1)Nc1cnn(CCc2ccccc2)c1. The van der Waals surface area contributed by atoms with Crippen molar-refractivity contribution in [3.05, 3.63) is 83.1 Å².